The van der Waals surface area contributed by atoms with Crippen molar-refractivity contribution in [2.45, 2.75) is 50.2 Å². The lowest BCUT2D eigenvalue weighted by Crippen LogP contribution is -2.42. The fourth-order valence-corrected chi connectivity index (χ4v) is 5.12. The number of likely N-dealkylation sites (N-methyl/N-ethyl adjacent to an activating group) is 1. The van der Waals surface area contributed by atoms with Gasteiger partial charge in [0.15, 0.2) is 0 Å². The van der Waals surface area contributed by atoms with E-state index in [9.17, 15) is 50.1 Å². The molecule has 1 aliphatic heterocycles. The molecule has 3 aromatic rings. The average Bonchev–Trinajstić information content (AvgIpc) is 3.30. The van der Waals surface area contributed by atoms with Crippen LogP contribution in [0.4, 0.5) is 46.6 Å². The molecule has 0 spiro atoms. The van der Waals surface area contributed by atoms with Gasteiger partial charge in [-0.3, -0.25) is 4.79 Å². The third-order valence-corrected chi connectivity index (χ3v) is 7.45. The fourth-order valence-electron chi connectivity index (χ4n) is 5.12. The molecule has 43 heavy (non-hydrogen) atoms. The molecule has 2 aromatic carbocycles. The number of halogens is 8. The molecular formula is C29H27F8N3O3. The Labute approximate surface area is 241 Å². The second-order valence-electron chi connectivity index (χ2n) is 10.9. The number of β-amino-alcohol motifs (C(OH)–C–C–N with tert-alkyl or cyclic N) is 1. The molecule has 1 saturated heterocycles. The molecule has 232 valence electrons. The summed E-state index contributed by atoms with van der Waals surface area (Å²) in [6.07, 6.45) is -9.69. The molecule has 14 heteroatoms. The van der Waals surface area contributed by atoms with Crippen molar-refractivity contribution >= 4 is 17.4 Å². The van der Waals surface area contributed by atoms with Gasteiger partial charge in [-0.25, -0.2) is 13.8 Å². The standard InChI is InChI=1S/C29H27F8N3O3/c1-27(2,16-6-17(28(32,33)34)8-18(7-16)29(35,36)37)26(43)39(3)24-12-38-25(40-13-22(42)10-21(40)14-41)11-23(24)15-4-19(30)9-20(31)5-15/h4-9,11-12,21-22,41-42H,10,13-14H2,1-3H3. The van der Waals surface area contributed by atoms with E-state index < -0.39 is 64.1 Å². The number of aliphatic hydroxyl groups excluding tert-OH is 2. The normalized spacial score (nSPS) is 17.8. The summed E-state index contributed by atoms with van der Waals surface area (Å²) in [6.45, 7) is 2.05. The van der Waals surface area contributed by atoms with Crippen molar-refractivity contribution in [2.75, 3.05) is 30.0 Å². The molecule has 1 amide bonds. The van der Waals surface area contributed by atoms with Crippen LogP contribution in [0, 0.1) is 11.6 Å². The molecule has 1 aliphatic rings. The Bertz CT molecular complexity index is 1470. The Morgan fingerprint density at radius 3 is 1.98 bits per heavy atom. The zero-order chi connectivity index (χ0) is 32.1. The number of hydrogen-bond acceptors (Lipinski definition) is 5. The SMILES string of the molecule is CN(C(=O)C(C)(C)c1cc(C(F)(F)F)cc(C(F)(F)F)c1)c1cnc(N2CC(O)CC2CO)cc1-c1cc(F)cc(F)c1. The summed E-state index contributed by atoms with van der Waals surface area (Å²) in [5, 5.41) is 19.9. The van der Waals surface area contributed by atoms with Gasteiger partial charge < -0.3 is 20.0 Å². The van der Waals surface area contributed by atoms with Gasteiger partial charge in [0.1, 0.15) is 17.5 Å². The van der Waals surface area contributed by atoms with E-state index in [4.69, 9.17) is 0 Å². The van der Waals surface area contributed by atoms with Crippen LogP contribution in [0.15, 0.2) is 48.7 Å². The van der Waals surface area contributed by atoms with Crippen LogP contribution in [0.1, 0.15) is 37.0 Å². The van der Waals surface area contributed by atoms with Crippen LogP contribution >= 0.6 is 0 Å². The number of anilines is 2. The summed E-state index contributed by atoms with van der Waals surface area (Å²) >= 11 is 0. The summed E-state index contributed by atoms with van der Waals surface area (Å²) < 4.78 is 110. The minimum atomic E-state index is -5.13. The molecule has 1 aromatic heterocycles. The maximum absolute atomic E-state index is 14.3. The number of aromatic nitrogens is 1. The van der Waals surface area contributed by atoms with E-state index in [2.05, 4.69) is 4.98 Å². The third kappa shape index (κ3) is 6.59. The average molecular weight is 618 g/mol. The highest BCUT2D eigenvalue weighted by molar-refractivity contribution is 6.03. The molecule has 0 bridgehead atoms. The lowest BCUT2D eigenvalue weighted by Gasteiger charge is -2.32. The lowest BCUT2D eigenvalue weighted by molar-refractivity contribution is -0.143. The van der Waals surface area contributed by atoms with Crippen LogP contribution in [0.3, 0.4) is 0 Å². The number of hydrogen-bond donors (Lipinski definition) is 2. The van der Waals surface area contributed by atoms with Crippen LogP contribution in [-0.2, 0) is 22.6 Å². The van der Waals surface area contributed by atoms with Gasteiger partial charge in [0.05, 0.1) is 47.2 Å². The molecule has 0 saturated carbocycles. The molecule has 1 fully saturated rings. The quantitative estimate of drug-likeness (QED) is 0.335. The summed E-state index contributed by atoms with van der Waals surface area (Å²) in [7, 11) is 1.20. The smallest absolute Gasteiger partial charge is 0.394 e. The van der Waals surface area contributed by atoms with Crippen molar-refractivity contribution in [3.8, 4) is 11.1 Å². The molecule has 4 rings (SSSR count). The number of alkyl halides is 6. The number of aliphatic hydroxyl groups is 2. The van der Waals surface area contributed by atoms with Crippen LogP contribution in [0.5, 0.6) is 0 Å². The van der Waals surface area contributed by atoms with E-state index in [0.29, 0.717) is 18.2 Å². The Balaban J connectivity index is 1.84. The van der Waals surface area contributed by atoms with Gasteiger partial charge in [-0.15, -0.1) is 0 Å². The molecule has 6 nitrogen and oxygen atoms in total. The first-order valence-electron chi connectivity index (χ1n) is 12.9. The highest BCUT2D eigenvalue weighted by atomic mass is 19.4. The van der Waals surface area contributed by atoms with Crippen LogP contribution in [-0.4, -0.2) is 53.4 Å². The number of benzene rings is 2. The van der Waals surface area contributed by atoms with E-state index in [-0.39, 0.29) is 48.3 Å². The van der Waals surface area contributed by atoms with E-state index >= 15 is 0 Å². The second kappa shape index (κ2) is 11.4. The number of rotatable bonds is 6. The maximum atomic E-state index is 14.3. The topological polar surface area (TPSA) is 76.9 Å². The number of carbonyl (C=O) groups excluding carboxylic acids is 1. The first-order valence-corrected chi connectivity index (χ1v) is 12.9. The molecule has 0 radical (unpaired) electrons. The highest BCUT2D eigenvalue weighted by Gasteiger charge is 2.41. The largest absolute Gasteiger partial charge is 0.416 e. The number of pyridine rings is 1. The first-order chi connectivity index (χ1) is 19.8. The van der Waals surface area contributed by atoms with Crippen molar-refractivity contribution in [3.63, 3.8) is 0 Å². The van der Waals surface area contributed by atoms with E-state index in [1.807, 2.05) is 0 Å². The van der Waals surface area contributed by atoms with Gasteiger partial charge in [0.25, 0.3) is 0 Å². The van der Waals surface area contributed by atoms with Crippen LogP contribution in [0.2, 0.25) is 0 Å². The summed E-state index contributed by atoms with van der Waals surface area (Å²) in [5.41, 5.74) is -5.76. The Hall–Kier alpha value is -3.78. The van der Waals surface area contributed by atoms with Gasteiger partial charge in [-0.2, -0.15) is 26.3 Å². The minimum absolute atomic E-state index is 0.0397. The van der Waals surface area contributed by atoms with Crippen LogP contribution < -0.4 is 9.80 Å². The van der Waals surface area contributed by atoms with Gasteiger partial charge >= 0.3 is 12.4 Å². The Morgan fingerprint density at radius 2 is 1.47 bits per heavy atom. The van der Waals surface area contributed by atoms with E-state index in [1.165, 1.54) is 13.1 Å². The Morgan fingerprint density at radius 1 is 0.930 bits per heavy atom. The maximum Gasteiger partial charge on any atom is 0.416 e. The predicted octanol–water partition coefficient (Wildman–Crippen LogP) is 5.94. The third-order valence-electron chi connectivity index (χ3n) is 7.45. The molecule has 0 aliphatic carbocycles. The van der Waals surface area contributed by atoms with Crippen molar-refractivity contribution < 1.29 is 50.1 Å². The zero-order valence-corrected chi connectivity index (χ0v) is 23.1. The molecular weight excluding hydrogens is 590 g/mol. The van der Waals surface area contributed by atoms with Gasteiger partial charge in [-0.05, 0) is 67.8 Å². The predicted molar refractivity (Wildman–Crippen MR) is 141 cm³/mol. The molecule has 2 atom stereocenters. The first kappa shape index (κ1) is 32.1. The van der Waals surface area contributed by atoms with Crippen molar-refractivity contribution in [1.29, 1.82) is 0 Å². The van der Waals surface area contributed by atoms with Gasteiger partial charge in [-0.1, -0.05) is 0 Å². The second-order valence-corrected chi connectivity index (χ2v) is 10.9. The van der Waals surface area contributed by atoms with Gasteiger partial charge in [0.2, 0.25) is 5.91 Å². The Kier molecular flexibility index (Phi) is 8.50. The summed E-state index contributed by atoms with van der Waals surface area (Å²) in [5.74, 6) is -2.67. The lowest BCUT2D eigenvalue weighted by atomic mass is 9.81. The van der Waals surface area contributed by atoms with Crippen molar-refractivity contribution in [3.05, 3.63) is 77.0 Å². The zero-order valence-electron chi connectivity index (χ0n) is 23.1. The fraction of sp³-hybridized carbons (Fsp3) is 0.379. The summed E-state index contributed by atoms with van der Waals surface area (Å²) in [6, 6.07) is 4.30. The van der Waals surface area contributed by atoms with Crippen LogP contribution in [0.25, 0.3) is 11.1 Å². The number of nitrogens with zero attached hydrogens (tertiary/aromatic N) is 3. The molecule has 2 N–H and O–H groups in total. The summed E-state index contributed by atoms with van der Waals surface area (Å²) in [4.78, 5) is 20.6. The minimum Gasteiger partial charge on any atom is -0.394 e. The van der Waals surface area contributed by atoms with E-state index in [0.717, 1.165) is 37.1 Å². The number of amides is 1. The number of carbonyl (C=O) groups is 1. The van der Waals surface area contributed by atoms with Crippen molar-refractivity contribution in [2.24, 2.45) is 0 Å². The molecule has 2 heterocycles. The van der Waals surface area contributed by atoms with E-state index in [1.54, 1.807) is 4.90 Å². The monoisotopic (exact) mass is 617 g/mol. The molecule has 2 unspecified atom stereocenters. The van der Waals surface area contributed by atoms with Crippen molar-refractivity contribution in [1.82, 2.24) is 4.98 Å². The van der Waals surface area contributed by atoms with Gasteiger partial charge in [0, 0.05) is 25.2 Å². The highest BCUT2D eigenvalue weighted by Crippen LogP contribution is 2.41.